The van der Waals surface area contributed by atoms with Gasteiger partial charge in [0.15, 0.2) is 6.04 Å². The number of nitrogens with one attached hydrogen (secondary N) is 1. The van der Waals surface area contributed by atoms with Crippen molar-refractivity contribution in [2.24, 2.45) is 5.41 Å². The number of aryl methyl sites for hydroxylation is 1. The van der Waals surface area contributed by atoms with Gasteiger partial charge in [-0.05, 0) is 55.9 Å². The summed E-state index contributed by atoms with van der Waals surface area (Å²) in [6, 6.07) is 9.90. The van der Waals surface area contributed by atoms with Crippen LogP contribution in [-0.2, 0) is 0 Å². The van der Waals surface area contributed by atoms with Gasteiger partial charge in [0.1, 0.15) is 0 Å². The third-order valence-corrected chi connectivity index (χ3v) is 7.99. The van der Waals surface area contributed by atoms with E-state index >= 15 is 0 Å². The third-order valence-electron chi connectivity index (χ3n) is 7.99. The van der Waals surface area contributed by atoms with E-state index in [-0.39, 0.29) is 6.04 Å². The maximum Gasteiger partial charge on any atom is 0.214 e. The molecule has 0 amide bonds. The van der Waals surface area contributed by atoms with Gasteiger partial charge in [-0.2, -0.15) is 0 Å². The molecule has 1 unspecified atom stereocenters. The second-order valence-electron chi connectivity index (χ2n) is 10.0. The monoisotopic (exact) mass is 394 g/mol. The van der Waals surface area contributed by atoms with Crippen molar-refractivity contribution < 1.29 is 4.90 Å². The van der Waals surface area contributed by atoms with Crippen molar-refractivity contribution in [3.05, 3.63) is 41.2 Å². The Morgan fingerprint density at radius 1 is 0.966 bits per heavy atom. The molecule has 2 atom stereocenters. The van der Waals surface area contributed by atoms with Crippen LogP contribution in [0.3, 0.4) is 0 Å². The molecule has 0 bridgehead atoms. The predicted molar refractivity (Wildman–Crippen MR) is 114 cm³/mol. The lowest BCUT2D eigenvalue weighted by atomic mass is 9.69. The smallest absolute Gasteiger partial charge is 0.214 e. The first-order valence-electron chi connectivity index (χ1n) is 11.9. The molecule has 1 saturated heterocycles. The largest absolute Gasteiger partial charge is 0.322 e. The van der Waals surface area contributed by atoms with Crippen molar-refractivity contribution in [3.63, 3.8) is 0 Å². The molecule has 5 heteroatoms. The average molecular weight is 395 g/mol. The minimum Gasteiger partial charge on any atom is -0.322 e. The molecule has 1 spiro atoms. The molecule has 0 radical (unpaired) electrons. The van der Waals surface area contributed by atoms with Gasteiger partial charge < -0.3 is 4.90 Å². The zero-order valence-electron chi connectivity index (χ0n) is 17.9. The van der Waals surface area contributed by atoms with E-state index < -0.39 is 0 Å². The average Bonchev–Trinajstić information content (AvgIpc) is 3.42. The van der Waals surface area contributed by atoms with E-state index in [1.54, 1.807) is 4.90 Å². The zero-order chi connectivity index (χ0) is 19.7. The maximum atomic E-state index is 4.65. The highest BCUT2D eigenvalue weighted by molar-refractivity contribution is 5.26. The SMILES string of the molecule is Cc1ccc([C@H](c2nnnn2C2CCCC2)[NH+]2CCCC3(CCCCC3)C2)cc1. The summed E-state index contributed by atoms with van der Waals surface area (Å²) in [5.74, 6) is 1.10. The number of tetrazole rings is 1. The highest BCUT2D eigenvalue weighted by Gasteiger charge is 2.44. The lowest BCUT2D eigenvalue weighted by Crippen LogP contribution is -3.15. The summed E-state index contributed by atoms with van der Waals surface area (Å²) < 4.78 is 2.20. The number of hydrogen-bond donors (Lipinski definition) is 1. The highest BCUT2D eigenvalue weighted by atomic mass is 15.6. The molecule has 1 aliphatic heterocycles. The molecule has 2 aliphatic carbocycles. The standard InChI is InChI=1S/C24H35N5/c1-19-10-12-20(13-11-19)22(23-25-26-27-29(23)21-8-3-4-9-21)28-17-7-16-24(18-28)14-5-2-6-15-24/h10-13,21-22H,2-9,14-18H2,1H3/p+1/t22-/m1/s1. The molecule has 1 aromatic heterocycles. The van der Waals surface area contributed by atoms with Crippen LogP contribution < -0.4 is 4.90 Å². The highest BCUT2D eigenvalue weighted by Crippen LogP contribution is 2.41. The molecular weight excluding hydrogens is 358 g/mol. The molecule has 5 nitrogen and oxygen atoms in total. The number of likely N-dealkylation sites (tertiary alicyclic amines) is 1. The predicted octanol–water partition coefficient (Wildman–Crippen LogP) is 3.82. The van der Waals surface area contributed by atoms with Crippen molar-refractivity contribution in [2.45, 2.75) is 89.6 Å². The van der Waals surface area contributed by atoms with E-state index in [9.17, 15) is 0 Å². The quantitative estimate of drug-likeness (QED) is 0.858. The van der Waals surface area contributed by atoms with Gasteiger partial charge >= 0.3 is 0 Å². The molecule has 156 valence electrons. The molecule has 29 heavy (non-hydrogen) atoms. The maximum absolute atomic E-state index is 4.65. The van der Waals surface area contributed by atoms with Gasteiger partial charge in [-0.3, -0.25) is 0 Å². The normalized spacial score (nSPS) is 26.0. The lowest BCUT2D eigenvalue weighted by Gasteiger charge is -2.45. The van der Waals surface area contributed by atoms with E-state index in [0.717, 1.165) is 5.82 Å². The first kappa shape index (κ1) is 19.2. The third kappa shape index (κ3) is 3.86. The van der Waals surface area contributed by atoms with Crippen LogP contribution in [0.5, 0.6) is 0 Å². The summed E-state index contributed by atoms with van der Waals surface area (Å²) in [5, 5.41) is 13.3. The molecular formula is C24H36N5+. The number of nitrogens with zero attached hydrogens (tertiary/aromatic N) is 4. The fourth-order valence-electron chi connectivity index (χ4n) is 6.45. The first-order valence-corrected chi connectivity index (χ1v) is 11.9. The van der Waals surface area contributed by atoms with Crippen LogP contribution in [-0.4, -0.2) is 33.3 Å². The second kappa shape index (κ2) is 8.17. The number of aromatic nitrogens is 4. The van der Waals surface area contributed by atoms with Gasteiger partial charge in [0.2, 0.25) is 5.82 Å². The number of piperidine rings is 1. The molecule has 1 N–H and O–H groups in total. The Labute approximate surface area is 174 Å². The van der Waals surface area contributed by atoms with Gasteiger partial charge in [-0.25, -0.2) is 4.68 Å². The Kier molecular flexibility index (Phi) is 5.42. The molecule has 3 aliphatic rings. The molecule has 5 rings (SSSR count). The van der Waals surface area contributed by atoms with E-state index in [4.69, 9.17) is 0 Å². The van der Waals surface area contributed by atoms with E-state index in [2.05, 4.69) is 51.4 Å². The van der Waals surface area contributed by atoms with Crippen LogP contribution in [0, 0.1) is 12.3 Å². The van der Waals surface area contributed by atoms with Gasteiger partial charge in [0.25, 0.3) is 0 Å². The summed E-state index contributed by atoms with van der Waals surface area (Å²) in [6.45, 7) is 4.69. The summed E-state index contributed by atoms with van der Waals surface area (Å²) in [7, 11) is 0. The summed E-state index contributed by atoms with van der Waals surface area (Å²) >= 11 is 0. The van der Waals surface area contributed by atoms with Crippen molar-refractivity contribution in [3.8, 4) is 0 Å². The van der Waals surface area contributed by atoms with Gasteiger partial charge in [0, 0.05) is 11.0 Å². The lowest BCUT2D eigenvalue weighted by molar-refractivity contribution is -0.938. The van der Waals surface area contributed by atoms with Crippen molar-refractivity contribution in [2.75, 3.05) is 13.1 Å². The van der Waals surface area contributed by atoms with Crippen LogP contribution in [0.4, 0.5) is 0 Å². The topological polar surface area (TPSA) is 48.0 Å². The fraction of sp³-hybridized carbons (Fsp3) is 0.708. The number of benzene rings is 1. The summed E-state index contributed by atoms with van der Waals surface area (Å²) in [5.41, 5.74) is 3.26. The van der Waals surface area contributed by atoms with Crippen LogP contribution in [0.1, 0.15) is 99.7 Å². The Morgan fingerprint density at radius 3 is 2.45 bits per heavy atom. The van der Waals surface area contributed by atoms with Crippen molar-refractivity contribution in [1.82, 2.24) is 20.2 Å². The van der Waals surface area contributed by atoms with Gasteiger partial charge in [-0.15, -0.1) is 5.10 Å². The fourth-order valence-corrected chi connectivity index (χ4v) is 6.45. The van der Waals surface area contributed by atoms with E-state index in [1.165, 1.54) is 94.8 Å². The first-order chi connectivity index (χ1) is 14.2. The number of hydrogen-bond acceptors (Lipinski definition) is 3. The molecule has 1 aromatic carbocycles. The van der Waals surface area contributed by atoms with Crippen molar-refractivity contribution in [1.29, 1.82) is 0 Å². The Hall–Kier alpha value is -1.75. The minimum absolute atomic E-state index is 0.255. The number of rotatable bonds is 4. The van der Waals surface area contributed by atoms with Crippen LogP contribution in [0.25, 0.3) is 0 Å². The van der Waals surface area contributed by atoms with Gasteiger partial charge in [-0.1, -0.05) is 61.9 Å². The van der Waals surface area contributed by atoms with Crippen molar-refractivity contribution >= 4 is 0 Å². The summed E-state index contributed by atoms with van der Waals surface area (Å²) in [6.07, 6.45) is 14.9. The Morgan fingerprint density at radius 2 is 1.69 bits per heavy atom. The van der Waals surface area contributed by atoms with E-state index in [0.29, 0.717) is 11.5 Å². The van der Waals surface area contributed by atoms with Gasteiger partial charge in [0.05, 0.1) is 19.1 Å². The molecule has 2 heterocycles. The molecule has 2 aromatic rings. The Bertz CT molecular complexity index is 793. The molecule has 2 saturated carbocycles. The van der Waals surface area contributed by atoms with Crippen LogP contribution in [0.15, 0.2) is 24.3 Å². The molecule has 3 fully saturated rings. The Balaban J connectivity index is 1.51. The second-order valence-corrected chi connectivity index (χ2v) is 10.0. The number of quaternary nitrogens is 1. The van der Waals surface area contributed by atoms with Crippen LogP contribution in [0.2, 0.25) is 0 Å². The summed E-state index contributed by atoms with van der Waals surface area (Å²) in [4.78, 5) is 1.69. The zero-order valence-corrected chi connectivity index (χ0v) is 17.9. The van der Waals surface area contributed by atoms with E-state index in [1.807, 2.05) is 0 Å². The van der Waals surface area contributed by atoms with Crippen LogP contribution >= 0.6 is 0 Å². The minimum atomic E-state index is 0.255.